The molecule has 0 fully saturated rings. The molecule has 0 bridgehead atoms. The number of fused-ring (bicyclic) bond motifs is 1. The molecule has 2 rings (SSSR count). The normalized spacial score (nSPS) is 21.6. The number of methoxy groups -OCH3 is 1. The van der Waals surface area contributed by atoms with Crippen LogP contribution in [0.25, 0.3) is 0 Å². The maximum absolute atomic E-state index is 6.09. The van der Waals surface area contributed by atoms with Crippen LogP contribution in [0.1, 0.15) is 30.4 Å². The number of ether oxygens (including phenoxy) is 2. The third kappa shape index (κ3) is 3.35. The monoisotopic (exact) mass is 263 g/mol. The molecule has 0 aromatic heterocycles. The minimum atomic E-state index is 0.182. The van der Waals surface area contributed by atoms with Crippen LogP contribution in [0.5, 0.6) is 0 Å². The van der Waals surface area contributed by atoms with Gasteiger partial charge in [0.05, 0.1) is 13.2 Å². The molecule has 1 unspecified atom stereocenters. The van der Waals surface area contributed by atoms with Crippen molar-refractivity contribution in [3.8, 4) is 0 Å². The second-order valence-corrected chi connectivity index (χ2v) is 5.35. The van der Waals surface area contributed by atoms with E-state index in [2.05, 4.69) is 24.3 Å². The predicted molar refractivity (Wildman–Crippen MR) is 77.4 cm³/mol. The Morgan fingerprint density at radius 3 is 2.84 bits per heavy atom. The van der Waals surface area contributed by atoms with Gasteiger partial charge in [0.25, 0.3) is 0 Å². The number of nitrogens with two attached hydrogens (primary N) is 1. The molecule has 1 atom stereocenters. The highest BCUT2D eigenvalue weighted by Crippen LogP contribution is 2.41. The SMILES string of the molecule is COCCOCCCC1(CN)CCc2ccccc21. The van der Waals surface area contributed by atoms with Crippen molar-refractivity contribution in [2.75, 3.05) is 33.5 Å². The van der Waals surface area contributed by atoms with Crippen molar-refractivity contribution in [2.24, 2.45) is 5.73 Å². The van der Waals surface area contributed by atoms with E-state index in [1.807, 2.05) is 0 Å². The molecule has 0 radical (unpaired) electrons. The molecule has 0 amide bonds. The van der Waals surface area contributed by atoms with E-state index >= 15 is 0 Å². The molecule has 1 aromatic carbocycles. The lowest BCUT2D eigenvalue weighted by atomic mass is 9.78. The van der Waals surface area contributed by atoms with Crippen LogP contribution in [-0.2, 0) is 21.3 Å². The van der Waals surface area contributed by atoms with E-state index < -0.39 is 0 Å². The van der Waals surface area contributed by atoms with Gasteiger partial charge in [-0.05, 0) is 36.8 Å². The molecule has 1 aromatic rings. The van der Waals surface area contributed by atoms with Gasteiger partial charge in [-0.3, -0.25) is 0 Å². The molecule has 3 heteroatoms. The molecule has 19 heavy (non-hydrogen) atoms. The molecule has 0 heterocycles. The van der Waals surface area contributed by atoms with E-state index in [1.54, 1.807) is 7.11 Å². The van der Waals surface area contributed by atoms with Gasteiger partial charge in [0.1, 0.15) is 0 Å². The van der Waals surface area contributed by atoms with E-state index in [4.69, 9.17) is 15.2 Å². The van der Waals surface area contributed by atoms with Crippen LogP contribution >= 0.6 is 0 Å². The van der Waals surface area contributed by atoms with Crippen LogP contribution in [0.15, 0.2) is 24.3 Å². The summed E-state index contributed by atoms with van der Waals surface area (Å²) in [6, 6.07) is 8.74. The highest BCUT2D eigenvalue weighted by molar-refractivity contribution is 5.39. The van der Waals surface area contributed by atoms with Gasteiger partial charge in [-0.25, -0.2) is 0 Å². The molecular weight excluding hydrogens is 238 g/mol. The summed E-state index contributed by atoms with van der Waals surface area (Å²) < 4.78 is 10.5. The lowest BCUT2D eigenvalue weighted by Crippen LogP contribution is -2.33. The van der Waals surface area contributed by atoms with E-state index in [1.165, 1.54) is 17.5 Å². The zero-order chi connectivity index (χ0) is 13.6. The molecule has 1 aliphatic rings. The fraction of sp³-hybridized carbons (Fsp3) is 0.625. The quantitative estimate of drug-likeness (QED) is 0.732. The maximum Gasteiger partial charge on any atom is 0.0700 e. The van der Waals surface area contributed by atoms with Gasteiger partial charge in [0, 0.05) is 25.7 Å². The van der Waals surface area contributed by atoms with Crippen LogP contribution in [0, 0.1) is 0 Å². The third-order valence-corrected chi connectivity index (χ3v) is 4.23. The first-order valence-electron chi connectivity index (χ1n) is 7.17. The minimum Gasteiger partial charge on any atom is -0.382 e. The number of benzene rings is 1. The van der Waals surface area contributed by atoms with Gasteiger partial charge in [-0.2, -0.15) is 0 Å². The van der Waals surface area contributed by atoms with E-state index in [-0.39, 0.29) is 5.41 Å². The first-order valence-corrected chi connectivity index (χ1v) is 7.17. The number of hydrogen-bond donors (Lipinski definition) is 1. The minimum absolute atomic E-state index is 0.182. The molecule has 0 saturated carbocycles. The van der Waals surface area contributed by atoms with Gasteiger partial charge >= 0.3 is 0 Å². The lowest BCUT2D eigenvalue weighted by Gasteiger charge is -2.29. The van der Waals surface area contributed by atoms with Gasteiger partial charge < -0.3 is 15.2 Å². The molecular formula is C16H25NO2. The Balaban J connectivity index is 1.87. The number of rotatable bonds is 8. The van der Waals surface area contributed by atoms with Gasteiger partial charge in [-0.15, -0.1) is 0 Å². The van der Waals surface area contributed by atoms with Crippen LogP contribution < -0.4 is 5.73 Å². The van der Waals surface area contributed by atoms with Crippen LogP contribution in [-0.4, -0.2) is 33.5 Å². The van der Waals surface area contributed by atoms with Gasteiger partial charge in [0.2, 0.25) is 0 Å². The zero-order valence-corrected chi connectivity index (χ0v) is 11.9. The molecule has 0 saturated heterocycles. The lowest BCUT2D eigenvalue weighted by molar-refractivity contribution is 0.0664. The Morgan fingerprint density at radius 2 is 2.05 bits per heavy atom. The number of aryl methyl sites for hydroxylation is 1. The maximum atomic E-state index is 6.09. The van der Waals surface area contributed by atoms with Gasteiger partial charge in [-0.1, -0.05) is 24.3 Å². The number of hydrogen-bond acceptors (Lipinski definition) is 3. The van der Waals surface area contributed by atoms with Crippen molar-refractivity contribution in [3.05, 3.63) is 35.4 Å². The summed E-state index contributed by atoms with van der Waals surface area (Å²) >= 11 is 0. The fourth-order valence-corrected chi connectivity index (χ4v) is 3.09. The summed E-state index contributed by atoms with van der Waals surface area (Å²) in [7, 11) is 1.70. The van der Waals surface area contributed by atoms with E-state index in [0.29, 0.717) is 13.2 Å². The van der Waals surface area contributed by atoms with Crippen molar-refractivity contribution in [3.63, 3.8) is 0 Å². The first-order chi connectivity index (χ1) is 9.32. The highest BCUT2D eigenvalue weighted by atomic mass is 16.5. The second kappa shape index (κ2) is 7.04. The zero-order valence-electron chi connectivity index (χ0n) is 11.9. The largest absolute Gasteiger partial charge is 0.382 e. The Bertz CT molecular complexity index is 394. The first kappa shape index (κ1) is 14.5. The van der Waals surface area contributed by atoms with Crippen LogP contribution in [0.3, 0.4) is 0 Å². The Kier molecular flexibility index (Phi) is 5.37. The highest BCUT2D eigenvalue weighted by Gasteiger charge is 2.36. The van der Waals surface area contributed by atoms with Gasteiger partial charge in [0.15, 0.2) is 0 Å². The molecule has 3 nitrogen and oxygen atoms in total. The van der Waals surface area contributed by atoms with Crippen molar-refractivity contribution < 1.29 is 9.47 Å². The Hall–Kier alpha value is -0.900. The topological polar surface area (TPSA) is 44.5 Å². The van der Waals surface area contributed by atoms with E-state index in [9.17, 15) is 0 Å². The average Bonchev–Trinajstić information content (AvgIpc) is 2.83. The smallest absolute Gasteiger partial charge is 0.0700 e. The van der Waals surface area contributed by atoms with Crippen LogP contribution in [0.2, 0.25) is 0 Å². The van der Waals surface area contributed by atoms with Crippen molar-refractivity contribution in [2.45, 2.75) is 31.1 Å². The van der Waals surface area contributed by atoms with Crippen molar-refractivity contribution >= 4 is 0 Å². The summed E-state index contributed by atoms with van der Waals surface area (Å²) in [5, 5.41) is 0. The summed E-state index contributed by atoms with van der Waals surface area (Å²) in [6.07, 6.45) is 4.53. The average molecular weight is 263 g/mol. The second-order valence-electron chi connectivity index (χ2n) is 5.35. The van der Waals surface area contributed by atoms with Crippen molar-refractivity contribution in [1.82, 2.24) is 0 Å². The van der Waals surface area contributed by atoms with Crippen LogP contribution in [0.4, 0.5) is 0 Å². The molecule has 0 spiro atoms. The summed E-state index contributed by atoms with van der Waals surface area (Å²) in [4.78, 5) is 0. The fourth-order valence-electron chi connectivity index (χ4n) is 3.09. The van der Waals surface area contributed by atoms with E-state index in [0.717, 1.165) is 32.4 Å². The van der Waals surface area contributed by atoms with Crippen molar-refractivity contribution in [1.29, 1.82) is 0 Å². The summed E-state index contributed by atoms with van der Waals surface area (Å²) in [5.41, 5.74) is 9.21. The predicted octanol–water partition coefficient (Wildman–Crippen LogP) is 2.27. The Morgan fingerprint density at radius 1 is 1.21 bits per heavy atom. The Labute approximate surface area is 116 Å². The molecule has 2 N–H and O–H groups in total. The molecule has 106 valence electrons. The summed E-state index contributed by atoms with van der Waals surface area (Å²) in [6.45, 7) is 2.89. The standard InChI is InChI=1S/C16H25NO2/c1-18-11-12-19-10-4-8-16(13-17)9-7-14-5-2-3-6-15(14)16/h2-3,5-6H,4,7-13,17H2,1H3. The summed E-state index contributed by atoms with van der Waals surface area (Å²) in [5.74, 6) is 0. The third-order valence-electron chi connectivity index (χ3n) is 4.23. The molecule has 1 aliphatic carbocycles. The molecule has 0 aliphatic heterocycles.